The lowest BCUT2D eigenvalue weighted by atomic mass is 10.1. The Balaban J connectivity index is 1.41. The van der Waals surface area contributed by atoms with Crippen molar-refractivity contribution in [2.24, 2.45) is 0 Å². The van der Waals surface area contributed by atoms with E-state index in [0.717, 1.165) is 4.88 Å². The molecule has 0 saturated carbocycles. The molecular weight excluding hydrogens is 418 g/mol. The van der Waals surface area contributed by atoms with Crippen LogP contribution in [0.15, 0.2) is 54.7 Å². The van der Waals surface area contributed by atoms with Gasteiger partial charge >= 0.3 is 5.97 Å². The minimum atomic E-state index is -0.605. The summed E-state index contributed by atoms with van der Waals surface area (Å²) in [5, 5.41) is 3.02. The molecule has 0 unspecified atom stereocenters. The Hall–Kier alpha value is -3.85. The van der Waals surface area contributed by atoms with Gasteiger partial charge in [-0.15, -0.1) is 11.3 Å². The fraction of sp³-hybridized carbons (Fsp3) is 0.136. The highest BCUT2D eigenvalue weighted by Crippen LogP contribution is 2.25. The molecule has 1 N–H and O–H groups in total. The van der Waals surface area contributed by atoms with Gasteiger partial charge in [0.05, 0.1) is 29.4 Å². The fourth-order valence-electron chi connectivity index (χ4n) is 3.28. The summed E-state index contributed by atoms with van der Waals surface area (Å²) in [5.74, 6) is -1.70. The number of imide groups is 1. The first kappa shape index (κ1) is 20.4. The van der Waals surface area contributed by atoms with E-state index in [1.807, 2.05) is 0 Å². The zero-order valence-corrected chi connectivity index (χ0v) is 17.3. The molecule has 2 aromatic carbocycles. The number of fused-ring (bicyclic) bond motifs is 1. The second kappa shape index (κ2) is 8.49. The van der Waals surface area contributed by atoms with Gasteiger partial charge in [0.15, 0.2) is 5.13 Å². The predicted molar refractivity (Wildman–Crippen MR) is 113 cm³/mol. The Kier molecular flexibility index (Phi) is 5.59. The van der Waals surface area contributed by atoms with Gasteiger partial charge in [-0.1, -0.05) is 24.3 Å². The standard InChI is InChI=1S/C22H17N3O5S/c1-30-21(29)17-9-5-2-6-14(17)18(26)24-22-23-12-13(31-22)10-11-25-19(27)15-7-3-4-8-16(15)20(25)28/h2-9,12H,10-11H2,1H3,(H,23,24,26). The third-order valence-electron chi connectivity index (χ3n) is 4.81. The molecular formula is C22H17N3O5S. The Labute approximate surface area is 181 Å². The molecule has 0 saturated heterocycles. The lowest BCUT2D eigenvalue weighted by Crippen LogP contribution is -2.31. The van der Waals surface area contributed by atoms with E-state index in [0.29, 0.717) is 22.7 Å². The van der Waals surface area contributed by atoms with Gasteiger partial charge in [0, 0.05) is 24.0 Å². The smallest absolute Gasteiger partial charge is 0.338 e. The van der Waals surface area contributed by atoms with Gasteiger partial charge in [-0.2, -0.15) is 0 Å². The Morgan fingerprint density at radius 1 is 1.00 bits per heavy atom. The summed E-state index contributed by atoms with van der Waals surface area (Å²) < 4.78 is 4.71. The van der Waals surface area contributed by atoms with E-state index in [1.54, 1.807) is 42.6 Å². The van der Waals surface area contributed by atoms with Crippen LogP contribution in [0.1, 0.15) is 46.3 Å². The van der Waals surface area contributed by atoms with E-state index < -0.39 is 11.9 Å². The maximum atomic E-state index is 12.6. The van der Waals surface area contributed by atoms with Crippen LogP contribution in [-0.4, -0.2) is 47.2 Å². The number of nitrogens with zero attached hydrogens (tertiary/aromatic N) is 2. The maximum Gasteiger partial charge on any atom is 0.338 e. The van der Waals surface area contributed by atoms with E-state index in [-0.39, 0.29) is 29.5 Å². The summed E-state index contributed by atoms with van der Waals surface area (Å²) in [5.41, 5.74) is 1.16. The van der Waals surface area contributed by atoms with E-state index >= 15 is 0 Å². The first-order valence-electron chi connectivity index (χ1n) is 9.38. The highest BCUT2D eigenvalue weighted by atomic mass is 32.1. The first-order chi connectivity index (χ1) is 15.0. The molecule has 0 spiro atoms. The lowest BCUT2D eigenvalue weighted by Gasteiger charge is -2.12. The Morgan fingerprint density at radius 3 is 2.26 bits per heavy atom. The number of amides is 3. The van der Waals surface area contributed by atoms with Gasteiger partial charge in [0.2, 0.25) is 0 Å². The van der Waals surface area contributed by atoms with Gasteiger partial charge in [0.1, 0.15) is 0 Å². The molecule has 9 heteroatoms. The van der Waals surface area contributed by atoms with Crippen molar-refractivity contribution in [1.29, 1.82) is 0 Å². The van der Waals surface area contributed by atoms with Crippen molar-refractivity contribution in [2.45, 2.75) is 6.42 Å². The van der Waals surface area contributed by atoms with Crippen molar-refractivity contribution in [3.05, 3.63) is 81.9 Å². The van der Waals surface area contributed by atoms with Crippen molar-refractivity contribution in [3.63, 3.8) is 0 Å². The molecule has 1 aromatic heterocycles. The molecule has 2 heterocycles. The Morgan fingerprint density at radius 2 is 1.61 bits per heavy atom. The van der Waals surface area contributed by atoms with Gasteiger partial charge in [-0.3, -0.25) is 24.6 Å². The number of ether oxygens (including phenoxy) is 1. The number of thiazole rings is 1. The summed E-state index contributed by atoms with van der Waals surface area (Å²) in [6.45, 7) is 0.215. The lowest BCUT2D eigenvalue weighted by molar-refractivity contribution is 0.0595. The molecule has 0 bridgehead atoms. The van der Waals surface area contributed by atoms with Crippen molar-refractivity contribution in [1.82, 2.24) is 9.88 Å². The van der Waals surface area contributed by atoms with Crippen LogP contribution in [-0.2, 0) is 11.2 Å². The Bertz CT molecular complexity index is 1170. The second-order valence-corrected chi connectivity index (χ2v) is 7.80. The van der Waals surface area contributed by atoms with Crippen LogP contribution in [0.25, 0.3) is 0 Å². The first-order valence-corrected chi connectivity index (χ1v) is 10.2. The molecule has 156 valence electrons. The number of hydrogen-bond acceptors (Lipinski definition) is 7. The van der Waals surface area contributed by atoms with Crippen LogP contribution in [0.3, 0.4) is 0 Å². The number of carbonyl (C=O) groups is 4. The molecule has 0 aliphatic carbocycles. The minimum Gasteiger partial charge on any atom is -0.465 e. The van der Waals surface area contributed by atoms with Crippen LogP contribution in [0.2, 0.25) is 0 Å². The van der Waals surface area contributed by atoms with E-state index in [1.165, 1.54) is 35.5 Å². The van der Waals surface area contributed by atoms with Gasteiger partial charge < -0.3 is 4.74 Å². The van der Waals surface area contributed by atoms with Gasteiger partial charge in [-0.25, -0.2) is 9.78 Å². The number of rotatable bonds is 6. The molecule has 1 aliphatic rings. The zero-order valence-electron chi connectivity index (χ0n) is 16.5. The SMILES string of the molecule is COC(=O)c1ccccc1C(=O)Nc1ncc(CCN2C(=O)c3ccccc3C2=O)s1. The number of anilines is 1. The van der Waals surface area contributed by atoms with Crippen LogP contribution in [0.4, 0.5) is 5.13 Å². The van der Waals surface area contributed by atoms with Gasteiger partial charge in [-0.05, 0) is 24.3 Å². The van der Waals surface area contributed by atoms with Crippen molar-refractivity contribution >= 4 is 40.2 Å². The number of nitrogens with one attached hydrogen (secondary N) is 1. The minimum absolute atomic E-state index is 0.157. The summed E-state index contributed by atoms with van der Waals surface area (Å²) >= 11 is 1.24. The van der Waals surface area contributed by atoms with E-state index in [2.05, 4.69) is 10.3 Å². The predicted octanol–water partition coefficient (Wildman–Crippen LogP) is 3.02. The summed E-state index contributed by atoms with van der Waals surface area (Å²) in [7, 11) is 1.25. The third kappa shape index (κ3) is 3.95. The molecule has 3 amide bonds. The normalized spacial score (nSPS) is 12.6. The molecule has 1 aliphatic heterocycles. The largest absolute Gasteiger partial charge is 0.465 e. The highest BCUT2D eigenvalue weighted by Gasteiger charge is 2.34. The number of esters is 1. The van der Waals surface area contributed by atoms with Crippen molar-refractivity contribution in [2.75, 3.05) is 19.0 Å². The molecule has 31 heavy (non-hydrogen) atoms. The molecule has 4 rings (SSSR count). The number of hydrogen-bond donors (Lipinski definition) is 1. The summed E-state index contributed by atoms with van der Waals surface area (Å²) in [4.78, 5) is 55.5. The number of methoxy groups -OCH3 is 1. The van der Waals surface area contributed by atoms with E-state index in [4.69, 9.17) is 4.74 Å². The quantitative estimate of drug-likeness (QED) is 0.471. The topological polar surface area (TPSA) is 106 Å². The maximum absolute atomic E-state index is 12.6. The van der Waals surface area contributed by atoms with Crippen LogP contribution in [0.5, 0.6) is 0 Å². The molecule has 0 radical (unpaired) electrons. The number of aromatic nitrogens is 1. The van der Waals surface area contributed by atoms with E-state index in [9.17, 15) is 19.2 Å². The van der Waals surface area contributed by atoms with Crippen molar-refractivity contribution in [3.8, 4) is 0 Å². The monoisotopic (exact) mass is 435 g/mol. The number of carbonyl (C=O) groups excluding carboxylic acids is 4. The average molecular weight is 435 g/mol. The van der Waals surface area contributed by atoms with Gasteiger partial charge in [0.25, 0.3) is 17.7 Å². The molecule has 0 atom stereocenters. The van der Waals surface area contributed by atoms with Crippen LogP contribution in [0, 0.1) is 0 Å². The molecule has 0 fully saturated rings. The fourth-order valence-corrected chi connectivity index (χ4v) is 4.07. The van der Waals surface area contributed by atoms with Crippen molar-refractivity contribution < 1.29 is 23.9 Å². The molecule has 3 aromatic rings. The van der Waals surface area contributed by atoms with Crippen LogP contribution < -0.4 is 5.32 Å². The number of benzene rings is 2. The summed E-state index contributed by atoms with van der Waals surface area (Å²) in [6, 6.07) is 13.1. The average Bonchev–Trinajstić information content (AvgIpc) is 3.34. The van der Waals surface area contributed by atoms with Crippen LogP contribution >= 0.6 is 11.3 Å². The second-order valence-electron chi connectivity index (χ2n) is 6.68. The molecule has 8 nitrogen and oxygen atoms in total. The zero-order chi connectivity index (χ0) is 22.0. The summed E-state index contributed by atoms with van der Waals surface area (Å²) in [6.07, 6.45) is 2.00. The highest BCUT2D eigenvalue weighted by molar-refractivity contribution is 7.15. The third-order valence-corrected chi connectivity index (χ3v) is 5.78.